The molecule has 1 saturated heterocycles. The number of tetrazole rings is 1. The average molecular weight is 490 g/mol. The number of rotatable bonds is 7. The first kappa shape index (κ1) is 22.8. The Morgan fingerprint density at radius 3 is 2.58 bits per heavy atom. The second-order valence-electron chi connectivity index (χ2n) is 8.87. The van der Waals surface area contributed by atoms with E-state index in [1.165, 1.54) is 19.3 Å². The molecule has 0 radical (unpaired) electrons. The van der Waals surface area contributed by atoms with Crippen LogP contribution in [0, 0.1) is 0 Å². The van der Waals surface area contributed by atoms with Gasteiger partial charge in [0.15, 0.2) is 0 Å². The molecule has 0 unspecified atom stereocenters. The molecule has 2 aromatic heterocycles. The smallest absolute Gasteiger partial charge is 0.243 e. The molecule has 2 fully saturated rings. The van der Waals surface area contributed by atoms with Crippen molar-refractivity contribution in [3.05, 3.63) is 24.0 Å². The number of sulfonamides is 1. The number of hydrogen-bond donors (Lipinski definition) is 0. The molecule has 0 bridgehead atoms. The maximum Gasteiger partial charge on any atom is 0.243 e. The van der Waals surface area contributed by atoms with Crippen molar-refractivity contribution < 1.29 is 8.42 Å². The van der Waals surface area contributed by atoms with Gasteiger partial charge in [0.25, 0.3) is 0 Å². The zero-order valence-corrected chi connectivity index (χ0v) is 20.7. The highest BCUT2D eigenvalue weighted by Gasteiger charge is 2.27. The Morgan fingerprint density at radius 2 is 1.82 bits per heavy atom. The van der Waals surface area contributed by atoms with E-state index in [-0.39, 0.29) is 0 Å². The molecule has 0 atom stereocenters. The van der Waals surface area contributed by atoms with Gasteiger partial charge >= 0.3 is 0 Å². The fourth-order valence-corrected chi connectivity index (χ4v) is 7.43. The Labute approximate surface area is 199 Å². The number of hydrogen-bond acceptors (Lipinski definition) is 7. The third-order valence-corrected chi connectivity index (χ3v) is 9.61. The van der Waals surface area contributed by atoms with Gasteiger partial charge in [0, 0.05) is 19.6 Å². The number of imidazole rings is 1. The number of benzene rings is 1. The summed E-state index contributed by atoms with van der Waals surface area (Å²) in [6, 6.07) is 5.72. The standard InChI is InChI=1S/C22H31N7O2S2/c1-2-28-20-12-11-18(33(30,31)27-13-7-4-8-14-27)15-19(20)23-21(28)16-32-22-24-25-26-29(22)17-9-5-3-6-10-17/h11-12,15,17H,2-10,13-14,16H2,1H3. The van der Waals surface area contributed by atoms with Crippen molar-refractivity contribution in [1.29, 1.82) is 0 Å². The van der Waals surface area contributed by atoms with Gasteiger partial charge in [0.1, 0.15) is 5.82 Å². The summed E-state index contributed by atoms with van der Waals surface area (Å²) in [5, 5.41) is 13.3. The minimum atomic E-state index is -3.48. The van der Waals surface area contributed by atoms with Gasteiger partial charge in [0.05, 0.1) is 27.7 Å². The van der Waals surface area contributed by atoms with E-state index in [9.17, 15) is 8.42 Å². The fourth-order valence-electron chi connectivity index (χ4n) is 5.00. The van der Waals surface area contributed by atoms with E-state index in [2.05, 4.69) is 27.0 Å². The largest absolute Gasteiger partial charge is 0.328 e. The lowest BCUT2D eigenvalue weighted by molar-refractivity contribution is 0.307. The van der Waals surface area contributed by atoms with Crippen LogP contribution in [0.4, 0.5) is 0 Å². The molecular formula is C22H31N7O2S2. The van der Waals surface area contributed by atoms with Crippen LogP contribution >= 0.6 is 11.8 Å². The normalized spacial score (nSPS) is 18.8. The van der Waals surface area contributed by atoms with Crippen molar-refractivity contribution >= 4 is 32.8 Å². The lowest BCUT2D eigenvalue weighted by Gasteiger charge is -2.25. The van der Waals surface area contributed by atoms with Gasteiger partial charge < -0.3 is 4.57 Å². The first-order chi connectivity index (χ1) is 16.1. The van der Waals surface area contributed by atoms with Crippen LogP contribution in [0.2, 0.25) is 0 Å². The summed E-state index contributed by atoms with van der Waals surface area (Å²) in [7, 11) is -3.48. The zero-order valence-electron chi connectivity index (χ0n) is 19.1. The maximum atomic E-state index is 13.1. The number of nitrogens with zero attached hydrogens (tertiary/aromatic N) is 7. The van der Waals surface area contributed by atoms with Gasteiger partial charge in [-0.15, -0.1) is 5.10 Å². The highest BCUT2D eigenvalue weighted by atomic mass is 32.2. The first-order valence-corrected chi connectivity index (χ1v) is 14.4. The summed E-state index contributed by atoms with van der Waals surface area (Å²) < 4.78 is 32.0. The molecule has 1 aliphatic heterocycles. The van der Waals surface area contributed by atoms with E-state index in [1.807, 2.05) is 10.7 Å². The Morgan fingerprint density at radius 1 is 1.06 bits per heavy atom. The van der Waals surface area contributed by atoms with Gasteiger partial charge in [-0.05, 0) is 61.2 Å². The molecule has 2 aliphatic rings. The molecule has 1 aromatic carbocycles. The van der Waals surface area contributed by atoms with Crippen molar-refractivity contribution in [1.82, 2.24) is 34.1 Å². The van der Waals surface area contributed by atoms with Gasteiger partial charge in [-0.2, -0.15) is 4.31 Å². The molecule has 1 aliphatic carbocycles. The molecule has 33 heavy (non-hydrogen) atoms. The minimum Gasteiger partial charge on any atom is -0.328 e. The average Bonchev–Trinajstić information content (AvgIpc) is 3.47. The number of piperidine rings is 1. The molecule has 9 nitrogen and oxygen atoms in total. The second kappa shape index (κ2) is 9.71. The summed E-state index contributed by atoms with van der Waals surface area (Å²) in [4.78, 5) is 5.16. The summed E-state index contributed by atoms with van der Waals surface area (Å²) in [5.41, 5.74) is 1.68. The molecule has 3 aromatic rings. The second-order valence-corrected chi connectivity index (χ2v) is 11.8. The zero-order chi connectivity index (χ0) is 22.8. The molecule has 0 amide bonds. The number of aryl methyl sites for hydroxylation is 1. The van der Waals surface area contributed by atoms with Crippen molar-refractivity contribution in [3.63, 3.8) is 0 Å². The van der Waals surface area contributed by atoms with E-state index in [0.717, 1.165) is 60.7 Å². The van der Waals surface area contributed by atoms with Gasteiger partial charge in [0.2, 0.25) is 15.2 Å². The highest BCUT2D eigenvalue weighted by molar-refractivity contribution is 7.98. The van der Waals surface area contributed by atoms with Gasteiger partial charge in [-0.3, -0.25) is 0 Å². The lowest BCUT2D eigenvalue weighted by Crippen LogP contribution is -2.35. The Hall–Kier alpha value is -1.98. The number of aromatic nitrogens is 6. The van der Waals surface area contributed by atoms with E-state index < -0.39 is 10.0 Å². The molecule has 178 valence electrons. The Kier molecular flexibility index (Phi) is 6.71. The summed E-state index contributed by atoms with van der Waals surface area (Å²) in [5.74, 6) is 1.53. The van der Waals surface area contributed by atoms with Gasteiger partial charge in [-0.25, -0.2) is 18.1 Å². The van der Waals surface area contributed by atoms with Crippen molar-refractivity contribution in [2.75, 3.05) is 13.1 Å². The van der Waals surface area contributed by atoms with Crippen LogP contribution in [0.25, 0.3) is 11.0 Å². The number of fused-ring (bicyclic) bond motifs is 1. The summed E-state index contributed by atoms with van der Waals surface area (Å²) in [6.45, 7) is 4.04. The van der Waals surface area contributed by atoms with Gasteiger partial charge in [-0.1, -0.05) is 37.4 Å². The van der Waals surface area contributed by atoms with E-state index >= 15 is 0 Å². The van der Waals surface area contributed by atoms with Crippen LogP contribution in [0.15, 0.2) is 28.3 Å². The molecule has 1 saturated carbocycles. The lowest BCUT2D eigenvalue weighted by atomic mass is 9.96. The van der Waals surface area contributed by atoms with Crippen molar-refractivity contribution in [2.24, 2.45) is 0 Å². The van der Waals surface area contributed by atoms with Crippen LogP contribution in [-0.4, -0.2) is 55.6 Å². The Bertz CT molecular complexity index is 1210. The topological polar surface area (TPSA) is 98.8 Å². The van der Waals surface area contributed by atoms with Crippen LogP contribution in [0.3, 0.4) is 0 Å². The summed E-state index contributed by atoms with van der Waals surface area (Å²) >= 11 is 1.59. The fraction of sp³-hybridized carbons (Fsp3) is 0.636. The molecule has 3 heterocycles. The number of thioether (sulfide) groups is 1. The quantitative estimate of drug-likeness (QED) is 0.462. The predicted molar refractivity (Wildman–Crippen MR) is 128 cm³/mol. The molecular weight excluding hydrogens is 458 g/mol. The monoisotopic (exact) mass is 489 g/mol. The van der Waals surface area contributed by atoms with Crippen LogP contribution in [0.5, 0.6) is 0 Å². The van der Waals surface area contributed by atoms with Crippen molar-refractivity contribution in [3.8, 4) is 0 Å². The predicted octanol–water partition coefficient (Wildman–Crippen LogP) is 4.01. The molecule has 11 heteroatoms. The SMILES string of the molecule is CCn1c(CSc2nnnn2C2CCCCC2)nc2cc(S(=O)(=O)N3CCCCC3)ccc21. The van der Waals surface area contributed by atoms with E-state index in [0.29, 0.717) is 29.8 Å². The molecule has 0 spiro atoms. The van der Waals surface area contributed by atoms with Crippen LogP contribution in [-0.2, 0) is 22.3 Å². The Balaban J connectivity index is 1.39. The summed E-state index contributed by atoms with van der Waals surface area (Å²) in [6.07, 6.45) is 8.93. The molecule has 5 rings (SSSR count). The first-order valence-electron chi connectivity index (χ1n) is 12.0. The van der Waals surface area contributed by atoms with E-state index in [4.69, 9.17) is 4.98 Å². The third kappa shape index (κ3) is 4.54. The van der Waals surface area contributed by atoms with E-state index in [1.54, 1.807) is 28.2 Å². The third-order valence-electron chi connectivity index (χ3n) is 6.78. The highest BCUT2D eigenvalue weighted by Crippen LogP contribution is 2.32. The maximum absolute atomic E-state index is 13.1. The molecule has 0 N–H and O–H groups in total. The van der Waals surface area contributed by atoms with Crippen LogP contribution < -0.4 is 0 Å². The van der Waals surface area contributed by atoms with Crippen molar-refractivity contribution in [2.45, 2.75) is 86.7 Å². The minimum absolute atomic E-state index is 0.332. The van der Waals surface area contributed by atoms with Crippen LogP contribution in [0.1, 0.15) is 70.2 Å².